The molecule has 4 heteroatoms. The zero-order chi connectivity index (χ0) is 12.8. The number of rotatable bonds is 5. The third kappa shape index (κ3) is 5.02. The van der Waals surface area contributed by atoms with Gasteiger partial charge in [-0.05, 0) is 23.3 Å². The molecular weight excluding hydrogens is 260 g/mol. The van der Waals surface area contributed by atoms with Crippen LogP contribution in [0.5, 0.6) is 5.75 Å². The second-order valence-electron chi connectivity index (χ2n) is 4.12. The fraction of sp³-hybridized carbons (Fsp3) is 0.133. The number of benzene rings is 2. The predicted molar refractivity (Wildman–Crippen MR) is 80.1 cm³/mol. The minimum atomic E-state index is 0. The average molecular weight is 277 g/mol. The van der Waals surface area contributed by atoms with Gasteiger partial charge in [0.2, 0.25) is 0 Å². The molecule has 0 aliphatic heterocycles. The minimum Gasteiger partial charge on any atom is -0.489 e. The lowest BCUT2D eigenvalue weighted by atomic mass is 10.1. The van der Waals surface area contributed by atoms with Crippen LogP contribution in [-0.2, 0) is 13.0 Å². The molecule has 0 saturated heterocycles. The highest BCUT2D eigenvalue weighted by atomic mass is 35.5. The SMILES string of the molecule is Cl.N=C(N)Cc1ccc(OCc2ccccc2)cc1. The molecule has 0 spiro atoms. The number of ether oxygens (including phenoxy) is 1. The van der Waals surface area contributed by atoms with Crippen molar-refractivity contribution in [3.63, 3.8) is 0 Å². The van der Waals surface area contributed by atoms with Crippen LogP contribution >= 0.6 is 12.4 Å². The van der Waals surface area contributed by atoms with Crippen molar-refractivity contribution in [2.24, 2.45) is 5.73 Å². The molecule has 2 aromatic rings. The molecule has 0 radical (unpaired) electrons. The first-order valence-corrected chi connectivity index (χ1v) is 5.82. The lowest BCUT2D eigenvalue weighted by Crippen LogP contribution is -2.12. The first-order chi connectivity index (χ1) is 8.74. The highest BCUT2D eigenvalue weighted by Gasteiger charge is 1.98. The second-order valence-corrected chi connectivity index (χ2v) is 4.12. The van der Waals surface area contributed by atoms with Crippen molar-refractivity contribution in [1.82, 2.24) is 0 Å². The Labute approximate surface area is 119 Å². The van der Waals surface area contributed by atoms with Gasteiger partial charge in [-0.15, -0.1) is 12.4 Å². The Hall–Kier alpha value is -2.00. The summed E-state index contributed by atoms with van der Waals surface area (Å²) in [6, 6.07) is 17.7. The summed E-state index contributed by atoms with van der Waals surface area (Å²) in [6.07, 6.45) is 0.485. The summed E-state index contributed by atoms with van der Waals surface area (Å²) in [4.78, 5) is 0. The summed E-state index contributed by atoms with van der Waals surface area (Å²) >= 11 is 0. The first-order valence-electron chi connectivity index (χ1n) is 5.82. The zero-order valence-electron chi connectivity index (χ0n) is 10.5. The molecule has 0 aliphatic rings. The zero-order valence-corrected chi connectivity index (χ0v) is 11.3. The molecule has 0 aliphatic carbocycles. The minimum absolute atomic E-state index is 0. The van der Waals surface area contributed by atoms with Crippen molar-refractivity contribution in [3.05, 3.63) is 65.7 Å². The summed E-state index contributed by atoms with van der Waals surface area (Å²) in [5.41, 5.74) is 7.52. The molecular formula is C15H17ClN2O. The number of amidine groups is 1. The molecule has 3 N–H and O–H groups in total. The maximum Gasteiger partial charge on any atom is 0.119 e. The Morgan fingerprint density at radius 1 is 0.947 bits per heavy atom. The lowest BCUT2D eigenvalue weighted by Gasteiger charge is -2.07. The van der Waals surface area contributed by atoms with E-state index in [1.54, 1.807) is 0 Å². The highest BCUT2D eigenvalue weighted by Crippen LogP contribution is 2.14. The van der Waals surface area contributed by atoms with Gasteiger partial charge in [-0.1, -0.05) is 42.5 Å². The van der Waals surface area contributed by atoms with Gasteiger partial charge < -0.3 is 10.5 Å². The third-order valence-electron chi connectivity index (χ3n) is 2.57. The van der Waals surface area contributed by atoms with Crippen molar-refractivity contribution >= 4 is 18.2 Å². The molecule has 2 rings (SSSR count). The van der Waals surface area contributed by atoms with E-state index in [0.717, 1.165) is 16.9 Å². The number of nitrogens with one attached hydrogen (secondary N) is 1. The molecule has 100 valence electrons. The van der Waals surface area contributed by atoms with E-state index in [2.05, 4.69) is 0 Å². The van der Waals surface area contributed by atoms with Crippen molar-refractivity contribution in [1.29, 1.82) is 5.41 Å². The third-order valence-corrected chi connectivity index (χ3v) is 2.57. The maximum atomic E-state index is 7.23. The predicted octanol–water partition coefficient (Wildman–Crippen LogP) is 3.17. The van der Waals surface area contributed by atoms with E-state index in [1.807, 2.05) is 54.6 Å². The molecule has 0 bridgehead atoms. The van der Waals surface area contributed by atoms with Gasteiger partial charge >= 0.3 is 0 Å². The number of nitrogens with two attached hydrogens (primary N) is 1. The quantitative estimate of drug-likeness (QED) is 0.651. The monoisotopic (exact) mass is 276 g/mol. The van der Waals surface area contributed by atoms with Gasteiger partial charge in [0.1, 0.15) is 12.4 Å². The second kappa shape index (κ2) is 7.44. The van der Waals surface area contributed by atoms with Gasteiger partial charge in [0.25, 0.3) is 0 Å². The average Bonchev–Trinajstić information content (AvgIpc) is 2.38. The summed E-state index contributed by atoms with van der Waals surface area (Å²) in [5.74, 6) is 0.999. The smallest absolute Gasteiger partial charge is 0.119 e. The molecule has 0 saturated carbocycles. The standard InChI is InChI=1S/C15H16N2O.ClH/c16-15(17)10-12-6-8-14(9-7-12)18-11-13-4-2-1-3-5-13;/h1-9H,10-11H2,(H3,16,17);1H. The van der Waals surface area contributed by atoms with Crippen LogP contribution in [0.3, 0.4) is 0 Å². The van der Waals surface area contributed by atoms with E-state index in [1.165, 1.54) is 0 Å². The largest absolute Gasteiger partial charge is 0.489 e. The summed E-state index contributed by atoms with van der Waals surface area (Å²) in [5, 5.41) is 7.23. The molecule has 0 aromatic heterocycles. The van der Waals surface area contributed by atoms with Gasteiger partial charge in [-0.25, -0.2) is 0 Å². The molecule has 0 atom stereocenters. The van der Waals surface area contributed by atoms with Crippen LogP contribution in [0.15, 0.2) is 54.6 Å². The highest BCUT2D eigenvalue weighted by molar-refractivity contribution is 5.85. The lowest BCUT2D eigenvalue weighted by molar-refractivity contribution is 0.306. The fourth-order valence-corrected chi connectivity index (χ4v) is 1.66. The van der Waals surface area contributed by atoms with Gasteiger partial charge in [0, 0.05) is 6.42 Å². The van der Waals surface area contributed by atoms with Gasteiger partial charge in [0.05, 0.1) is 5.84 Å². The molecule has 0 heterocycles. The van der Waals surface area contributed by atoms with Crippen molar-refractivity contribution in [2.45, 2.75) is 13.0 Å². The van der Waals surface area contributed by atoms with Gasteiger partial charge in [0.15, 0.2) is 0 Å². The van der Waals surface area contributed by atoms with Gasteiger partial charge in [-0.3, -0.25) is 5.41 Å². The number of hydrogen-bond donors (Lipinski definition) is 2. The van der Waals surface area contributed by atoms with Crippen molar-refractivity contribution < 1.29 is 4.74 Å². The van der Waals surface area contributed by atoms with E-state index in [0.29, 0.717) is 13.0 Å². The molecule has 19 heavy (non-hydrogen) atoms. The van der Waals surface area contributed by atoms with E-state index in [-0.39, 0.29) is 18.2 Å². The summed E-state index contributed by atoms with van der Waals surface area (Å²) in [7, 11) is 0. The summed E-state index contributed by atoms with van der Waals surface area (Å²) in [6.45, 7) is 0.562. The van der Waals surface area contributed by atoms with Crippen LogP contribution in [0, 0.1) is 5.41 Å². The Bertz CT molecular complexity index is 511. The van der Waals surface area contributed by atoms with Crippen molar-refractivity contribution in [2.75, 3.05) is 0 Å². The molecule has 0 amide bonds. The molecule has 2 aromatic carbocycles. The van der Waals surface area contributed by atoms with Crippen molar-refractivity contribution in [3.8, 4) is 5.75 Å². The Kier molecular flexibility index (Phi) is 5.90. The van der Waals surface area contributed by atoms with E-state index in [4.69, 9.17) is 15.9 Å². The Morgan fingerprint density at radius 2 is 1.58 bits per heavy atom. The number of halogens is 1. The van der Waals surface area contributed by atoms with Crippen LogP contribution in [0.1, 0.15) is 11.1 Å². The number of hydrogen-bond acceptors (Lipinski definition) is 2. The van der Waals surface area contributed by atoms with Crippen LogP contribution < -0.4 is 10.5 Å². The normalized spacial score (nSPS) is 9.47. The van der Waals surface area contributed by atoms with Crippen LogP contribution in [-0.4, -0.2) is 5.84 Å². The van der Waals surface area contributed by atoms with E-state index >= 15 is 0 Å². The Balaban J connectivity index is 0.00000180. The van der Waals surface area contributed by atoms with Crippen LogP contribution in [0.2, 0.25) is 0 Å². The topological polar surface area (TPSA) is 59.1 Å². The maximum absolute atomic E-state index is 7.23. The van der Waals surface area contributed by atoms with E-state index < -0.39 is 0 Å². The summed E-state index contributed by atoms with van der Waals surface area (Å²) < 4.78 is 5.67. The van der Waals surface area contributed by atoms with Crippen LogP contribution in [0.25, 0.3) is 0 Å². The fourth-order valence-electron chi connectivity index (χ4n) is 1.66. The molecule has 0 unspecified atom stereocenters. The molecule has 3 nitrogen and oxygen atoms in total. The first kappa shape index (κ1) is 15.1. The van der Waals surface area contributed by atoms with Crippen LogP contribution in [0.4, 0.5) is 0 Å². The van der Waals surface area contributed by atoms with Gasteiger partial charge in [-0.2, -0.15) is 0 Å². The molecule has 0 fully saturated rings. The van der Waals surface area contributed by atoms with E-state index in [9.17, 15) is 0 Å². The Morgan fingerprint density at radius 3 is 2.16 bits per heavy atom.